The van der Waals surface area contributed by atoms with Crippen LogP contribution in [0.1, 0.15) is 41.6 Å². The molecule has 12 nitrogen and oxygen atoms in total. The summed E-state index contributed by atoms with van der Waals surface area (Å²) in [5.41, 5.74) is 1.81. The van der Waals surface area contributed by atoms with Gasteiger partial charge in [0.1, 0.15) is 30.5 Å². The highest BCUT2D eigenvalue weighted by Gasteiger charge is 2.27. The van der Waals surface area contributed by atoms with Crippen molar-refractivity contribution in [1.29, 1.82) is 0 Å². The number of piperidine rings is 1. The topological polar surface area (TPSA) is 137 Å². The maximum atomic E-state index is 14.5. The highest BCUT2D eigenvalue weighted by Crippen LogP contribution is 2.32. The molecule has 1 N–H and O–H groups in total. The van der Waals surface area contributed by atoms with E-state index in [1.54, 1.807) is 23.1 Å². The molecule has 0 amide bonds. The van der Waals surface area contributed by atoms with Crippen molar-refractivity contribution in [3.8, 4) is 17.3 Å². The predicted molar refractivity (Wildman–Crippen MR) is 115 cm³/mol. The number of carbonyl (C=O) groups is 1. The normalized spacial score (nSPS) is 15.9. The van der Waals surface area contributed by atoms with E-state index in [1.165, 1.54) is 29.2 Å². The summed E-state index contributed by atoms with van der Waals surface area (Å²) < 4.78 is 21.4. The van der Waals surface area contributed by atoms with Crippen LogP contribution >= 0.6 is 0 Å². The second kappa shape index (κ2) is 9.21. The van der Waals surface area contributed by atoms with E-state index in [9.17, 15) is 14.3 Å². The molecule has 0 spiro atoms. The molecular weight excluding hydrogens is 445 g/mol. The van der Waals surface area contributed by atoms with Crippen LogP contribution in [-0.4, -0.2) is 58.1 Å². The van der Waals surface area contributed by atoms with Crippen molar-refractivity contribution in [3.63, 3.8) is 0 Å². The Balaban J connectivity index is 1.30. The van der Waals surface area contributed by atoms with E-state index in [1.807, 2.05) is 4.90 Å². The Kier molecular flexibility index (Phi) is 5.81. The molecule has 4 heterocycles. The Hall–Kier alpha value is -4.42. The number of benzene rings is 1. The van der Waals surface area contributed by atoms with E-state index in [0.29, 0.717) is 29.9 Å². The van der Waals surface area contributed by atoms with Crippen LogP contribution < -0.4 is 9.64 Å². The largest absolute Gasteiger partial charge is 0.493 e. The summed E-state index contributed by atoms with van der Waals surface area (Å²) in [6.45, 7) is 0.734. The lowest BCUT2D eigenvalue weighted by Crippen LogP contribution is -2.38. The number of hydrogen-bond acceptors (Lipinski definition) is 10. The van der Waals surface area contributed by atoms with Gasteiger partial charge >= 0.3 is 0 Å². The van der Waals surface area contributed by atoms with Gasteiger partial charge < -0.3 is 14.7 Å². The maximum absolute atomic E-state index is 14.5. The third kappa shape index (κ3) is 4.40. The smallest absolute Gasteiger partial charge is 0.213 e. The van der Waals surface area contributed by atoms with Crippen molar-refractivity contribution in [2.75, 3.05) is 11.4 Å². The molecule has 1 aromatic carbocycles. The van der Waals surface area contributed by atoms with Gasteiger partial charge in [-0.25, -0.2) is 14.1 Å². The maximum Gasteiger partial charge on any atom is 0.213 e. The molecule has 0 radical (unpaired) electrons. The highest BCUT2D eigenvalue weighted by molar-refractivity contribution is 5.74. The Morgan fingerprint density at radius 1 is 1.21 bits per heavy atom. The SMILES string of the molecule is O=Cc1cc(N2CCCCC2n2ncc(COc3ccc(-n4cnnn4)cc3F)n2)cc(O)n1. The third-order valence-electron chi connectivity index (χ3n) is 5.47. The van der Waals surface area contributed by atoms with E-state index in [2.05, 4.69) is 30.7 Å². The number of rotatable bonds is 7. The third-order valence-corrected chi connectivity index (χ3v) is 5.47. The van der Waals surface area contributed by atoms with Gasteiger partial charge in [0.15, 0.2) is 17.9 Å². The fourth-order valence-corrected chi connectivity index (χ4v) is 3.90. The quantitative estimate of drug-likeness (QED) is 0.404. The second-order valence-electron chi connectivity index (χ2n) is 7.71. The number of ether oxygens (including phenoxy) is 1. The van der Waals surface area contributed by atoms with Crippen LogP contribution in [-0.2, 0) is 6.61 Å². The summed E-state index contributed by atoms with van der Waals surface area (Å²) in [4.78, 5) is 18.6. The zero-order valence-electron chi connectivity index (χ0n) is 17.9. The Bertz CT molecular complexity index is 1290. The van der Waals surface area contributed by atoms with Crippen LogP contribution in [0.4, 0.5) is 10.1 Å². The van der Waals surface area contributed by atoms with Gasteiger partial charge in [0.05, 0.1) is 11.9 Å². The molecule has 1 saturated heterocycles. The van der Waals surface area contributed by atoms with E-state index in [4.69, 9.17) is 4.74 Å². The van der Waals surface area contributed by atoms with Crippen LogP contribution in [0.25, 0.3) is 5.69 Å². The number of tetrazole rings is 1. The van der Waals surface area contributed by atoms with Crippen molar-refractivity contribution in [3.05, 3.63) is 60.1 Å². The summed E-state index contributed by atoms with van der Waals surface area (Å²) in [5.74, 6) is -0.707. The molecule has 3 aromatic heterocycles. The molecule has 1 atom stereocenters. The molecule has 0 bridgehead atoms. The van der Waals surface area contributed by atoms with Crippen molar-refractivity contribution in [2.24, 2.45) is 0 Å². The van der Waals surface area contributed by atoms with Crippen molar-refractivity contribution < 1.29 is 19.0 Å². The van der Waals surface area contributed by atoms with E-state index in [-0.39, 0.29) is 30.1 Å². The number of aromatic hydroxyl groups is 1. The fourth-order valence-electron chi connectivity index (χ4n) is 3.90. The minimum absolute atomic E-state index is 0.0270. The van der Waals surface area contributed by atoms with Gasteiger partial charge in [-0.3, -0.25) is 4.79 Å². The van der Waals surface area contributed by atoms with Crippen molar-refractivity contribution >= 4 is 12.0 Å². The Morgan fingerprint density at radius 2 is 2.12 bits per heavy atom. The van der Waals surface area contributed by atoms with Crippen LogP contribution in [0.2, 0.25) is 0 Å². The van der Waals surface area contributed by atoms with Gasteiger partial charge in [-0.15, -0.1) is 5.10 Å². The van der Waals surface area contributed by atoms with E-state index < -0.39 is 5.82 Å². The predicted octanol–water partition coefficient (Wildman–Crippen LogP) is 2.07. The fraction of sp³-hybridized carbons (Fsp3) is 0.286. The molecule has 5 rings (SSSR count). The standard InChI is InChI=1S/C21H20FN9O3/c22-18-8-16(30-13-23-27-28-30)4-5-19(18)34-12-15-10-24-31(26-15)21-3-1-2-6-29(21)17-7-14(11-32)25-20(33)9-17/h4-5,7-11,13,21H,1-3,6,12H2,(H,25,33). The lowest BCUT2D eigenvalue weighted by molar-refractivity contribution is 0.111. The minimum atomic E-state index is -0.553. The Labute approximate surface area is 192 Å². The lowest BCUT2D eigenvalue weighted by Gasteiger charge is -2.36. The molecule has 1 aliphatic heterocycles. The summed E-state index contributed by atoms with van der Waals surface area (Å²) in [6, 6.07) is 7.56. The van der Waals surface area contributed by atoms with Crippen LogP contribution in [0.15, 0.2) is 42.9 Å². The highest BCUT2D eigenvalue weighted by atomic mass is 19.1. The van der Waals surface area contributed by atoms with Gasteiger partial charge in [-0.1, -0.05) is 0 Å². The summed E-state index contributed by atoms with van der Waals surface area (Å²) in [6.07, 6.45) is 6.03. The molecule has 1 aliphatic rings. The summed E-state index contributed by atoms with van der Waals surface area (Å²) >= 11 is 0. The number of pyridine rings is 1. The number of carbonyl (C=O) groups excluding carboxylic acids is 1. The summed E-state index contributed by atoms with van der Waals surface area (Å²) in [5, 5.41) is 29.6. The first-order valence-corrected chi connectivity index (χ1v) is 10.6. The zero-order valence-corrected chi connectivity index (χ0v) is 17.9. The molecule has 1 fully saturated rings. The summed E-state index contributed by atoms with van der Waals surface area (Å²) in [7, 11) is 0. The number of aldehydes is 1. The molecule has 0 aliphatic carbocycles. The number of hydrogen-bond donors (Lipinski definition) is 1. The lowest BCUT2D eigenvalue weighted by atomic mass is 10.1. The molecular formula is C21H20FN9O3. The molecule has 13 heteroatoms. The first-order chi connectivity index (χ1) is 16.6. The number of aromatic nitrogens is 8. The Morgan fingerprint density at radius 3 is 2.91 bits per heavy atom. The van der Waals surface area contributed by atoms with Gasteiger partial charge in [0, 0.05) is 24.4 Å². The van der Waals surface area contributed by atoms with Crippen LogP contribution in [0, 0.1) is 5.82 Å². The second-order valence-corrected chi connectivity index (χ2v) is 7.71. The van der Waals surface area contributed by atoms with E-state index >= 15 is 0 Å². The first-order valence-electron chi connectivity index (χ1n) is 10.6. The van der Waals surface area contributed by atoms with Crippen molar-refractivity contribution in [2.45, 2.75) is 32.0 Å². The number of halogens is 1. The number of nitrogens with zero attached hydrogens (tertiary/aromatic N) is 9. The minimum Gasteiger partial charge on any atom is -0.493 e. The molecule has 0 saturated carbocycles. The van der Waals surface area contributed by atoms with Gasteiger partial charge in [0.25, 0.3) is 0 Å². The molecule has 4 aromatic rings. The van der Waals surface area contributed by atoms with Gasteiger partial charge in [-0.2, -0.15) is 15.0 Å². The molecule has 1 unspecified atom stereocenters. The van der Waals surface area contributed by atoms with E-state index in [0.717, 1.165) is 19.3 Å². The van der Waals surface area contributed by atoms with Crippen LogP contribution in [0.3, 0.4) is 0 Å². The molecule has 174 valence electrons. The van der Waals surface area contributed by atoms with Gasteiger partial charge in [0.2, 0.25) is 5.88 Å². The average Bonchev–Trinajstić information content (AvgIpc) is 3.55. The van der Waals surface area contributed by atoms with Crippen LogP contribution in [0.5, 0.6) is 11.6 Å². The van der Waals surface area contributed by atoms with Crippen molar-refractivity contribution in [1.82, 2.24) is 40.2 Å². The monoisotopic (exact) mass is 465 g/mol. The first kappa shape index (κ1) is 21.4. The zero-order chi connectivity index (χ0) is 23.5. The molecule has 34 heavy (non-hydrogen) atoms. The van der Waals surface area contributed by atoms with Gasteiger partial charge in [-0.05, 0) is 47.9 Å². The average molecular weight is 465 g/mol. The number of anilines is 1.